The average Bonchev–Trinajstić information content (AvgIpc) is 2.67. The smallest absolute Gasteiger partial charge is 0.307 e. The Labute approximate surface area is 98.5 Å². The van der Waals surface area contributed by atoms with Gasteiger partial charge in [0.05, 0.1) is 25.8 Å². The highest BCUT2D eigenvalue weighted by Crippen LogP contribution is 2.22. The molecule has 0 saturated heterocycles. The van der Waals surface area contributed by atoms with Gasteiger partial charge in [-0.25, -0.2) is 13.1 Å². The number of hydrogen-bond donors (Lipinski definition) is 1. The highest BCUT2D eigenvalue weighted by Gasteiger charge is 2.20. The summed E-state index contributed by atoms with van der Waals surface area (Å²) in [6, 6.07) is 3.02. The van der Waals surface area contributed by atoms with Crippen LogP contribution in [-0.4, -0.2) is 27.8 Å². The number of hydrogen-bond acceptors (Lipinski definition) is 5. The minimum Gasteiger partial charge on any atom is -0.469 e. The zero-order valence-electron chi connectivity index (χ0n) is 8.97. The molecule has 90 valence electrons. The van der Waals surface area contributed by atoms with Crippen molar-refractivity contribution in [2.45, 2.75) is 12.5 Å². The van der Waals surface area contributed by atoms with Gasteiger partial charge in [0, 0.05) is 4.88 Å². The van der Waals surface area contributed by atoms with Gasteiger partial charge in [-0.3, -0.25) is 4.79 Å². The molecule has 0 radical (unpaired) electrons. The van der Waals surface area contributed by atoms with E-state index in [0.29, 0.717) is 0 Å². The van der Waals surface area contributed by atoms with Crippen LogP contribution in [0.5, 0.6) is 0 Å². The average molecular weight is 263 g/mol. The number of sulfonamides is 1. The Morgan fingerprint density at radius 1 is 1.62 bits per heavy atom. The molecule has 1 atom stereocenters. The highest BCUT2D eigenvalue weighted by molar-refractivity contribution is 7.88. The molecule has 1 aromatic heterocycles. The lowest BCUT2D eigenvalue weighted by atomic mass is 10.2. The Hall–Kier alpha value is -0.920. The normalized spacial score (nSPS) is 13.4. The Bertz CT molecular complexity index is 438. The molecule has 0 amide bonds. The fourth-order valence-corrected chi connectivity index (χ4v) is 2.78. The van der Waals surface area contributed by atoms with Gasteiger partial charge in [0.1, 0.15) is 0 Å². The van der Waals surface area contributed by atoms with Crippen LogP contribution in [0.15, 0.2) is 17.5 Å². The summed E-state index contributed by atoms with van der Waals surface area (Å²) in [4.78, 5) is 11.9. The van der Waals surface area contributed by atoms with Crippen LogP contribution < -0.4 is 4.72 Å². The van der Waals surface area contributed by atoms with Crippen LogP contribution in [0.25, 0.3) is 0 Å². The number of ether oxygens (including phenoxy) is 1. The van der Waals surface area contributed by atoms with Gasteiger partial charge in [-0.1, -0.05) is 6.07 Å². The number of carbonyl (C=O) groups excluding carboxylic acids is 1. The summed E-state index contributed by atoms with van der Waals surface area (Å²) in [5.74, 6) is -0.449. The van der Waals surface area contributed by atoms with E-state index in [-0.39, 0.29) is 6.42 Å². The summed E-state index contributed by atoms with van der Waals surface area (Å²) in [6.45, 7) is 0. The fraction of sp³-hybridized carbons (Fsp3) is 0.444. The molecule has 0 spiro atoms. The topological polar surface area (TPSA) is 72.5 Å². The zero-order valence-corrected chi connectivity index (χ0v) is 10.6. The molecule has 1 unspecified atom stereocenters. The summed E-state index contributed by atoms with van der Waals surface area (Å²) in [7, 11) is -2.08. The van der Waals surface area contributed by atoms with Crippen molar-refractivity contribution in [3.05, 3.63) is 22.4 Å². The van der Waals surface area contributed by atoms with Crippen LogP contribution in [-0.2, 0) is 19.6 Å². The minimum absolute atomic E-state index is 0.00984. The summed E-state index contributed by atoms with van der Waals surface area (Å²) < 4.78 is 29.2. The summed E-state index contributed by atoms with van der Waals surface area (Å²) in [5.41, 5.74) is 0. The van der Waals surface area contributed by atoms with E-state index >= 15 is 0 Å². The van der Waals surface area contributed by atoms with Crippen LogP contribution in [0.3, 0.4) is 0 Å². The Kier molecular flexibility index (Phi) is 4.45. The third kappa shape index (κ3) is 4.30. The molecular formula is C9H13NO4S2. The second kappa shape index (κ2) is 5.42. The van der Waals surface area contributed by atoms with Crippen molar-refractivity contribution in [3.63, 3.8) is 0 Å². The van der Waals surface area contributed by atoms with E-state index in [1.54, 1.807) is 12.1 Å². The van der Waals surface area contributed by atoms with Crippen LogP contribution >= 0.6 is 11.3 Å². The predicted molar refractivity (Wildman–Crippen MR) is 61.7 cm³/mol. The first-order valence-corrected chi connectivity index (χ1v) is 7.27. The van der Waals surface area contributed by atoms with Gasteiger partial charge in [-0.15, -0.1) is 11.3 Å². The molecule has 1 N–H and O–H groups in total. The molecule has 7 heteroatoms. The Morgan fingerprint density at radius 3 is 2.75 bits per heavy atom. The van der Waals surface area contributed by atoms with Crippen molar-refractivity contribution >= 4 is 27.3 Å². The number of rotatable bonds is 5. The standard InChI is InChI=1S/C9H13NO4S2/c1-14-9(11)6-7(10-16(2,12)13)8-4-3-5-15-8/h3-5,7,10H,6H2,1-2H3. The number of esters is 1. The first-order chi connectivity index (χ1) is 7.42. The molecule has 1 aromatic rings. The second-order valence-corrected chi connectivity index (χ2v) is 6.00. The number of methoxy groups -OCH3 is 1. The van der Waals surface area contributed by atoms with Gasteiger partial charge >= 0.3 is 5.97 Å². The SMILES string of the molecule is COC(=O)CC(NS(C)(=O)=O)c1cccs1. The van der Waals surface area contributed by atoms with E-state index in [9.17, 15) is 13.2 Å². The van der Waals surface area contributed by atoms with Gasteiger partial charge in [-0.05, 0) is 11.4 Å². The van der Waals surface area contributed by atoms with Gasteiger partial charge in [0.15, 0.2) is 0 Å². The molecule has 1 rings (SSSR count). The first kappa shape index (κ1) is 13.1. The van der Waals surface area contributed by atoms with E-state index in [0.717, 1.165) is 11.1 Å². The summed E-state index contributed by atoms with van der Waals surface area (Å²) in [5, 5.41) is 1.82. The summed E-state index contributed by atoms with van der Waals surface area (Å²) in [6.07, 6.45) is 1.05. The molecule has 0 aliphatic carbocycles. The molecule has 1 heterocycles. The van der Waals surface area contributed by atoms with E-state index in [1.165, 1.54) is 18.4 Å². The maximum absolute atomic E-state index is 11.2. The van der Waals surface area contributed by atoms with Crippen molar-refractivity contribution in [3.8, 4) is 0 Å². The second-order valence-electron chi connectivity index (χ2n) is 3.24. The molecule has 5 nitrogen and oxygen atoms in total. The van der Waals surface area contributed by atoms with Crippen LogP contribution in [0.2, 0.25) is 0 Å². The lowest BCUT2D eigenvalue weighted by Gasteiger charge is -2.14. The van der Waals surface area contributed by atoms with Gasteiger partial charge in [-0.2, -0.15) is 0 Å². The molecule has 0 saturated carbocycles. The summed E-state index contributed by atoms with van der Waals surface area (Å²) >= 11 is 1.39. The van der Waals surface area contributed by atoms with Gasteiger partial charge in [0.25, 0.3) is 0 Å². The molecule has 0 fully saturated rings. The van der Waals surface area contributed by atoms with Crippen molar-refractivity contribution in [1.29, 1.82) is 0 Å². The number of thiophene rings is 1. The highest BCUT2D eigenvalue weighted by atomic mass is 32.2. The van der Waals surface area contributed by atoms with Crippen molar-refractivity contribution in [2.75, 3.05) is 13.4 Å². The maximum atomic E-state index is 11.2. The van der Waals surface area contributed by atoms with Gasteiger partial charge < -0.3 is 4.74 Å². The largest absolute Gasteiger partial charge is 0.469 e. The third-order valence-electron chi connectivity index (χ3n) is 1.84. The van der Waals surface area contributed by atoms with Crippen molar-refractivity contribution < 1.29 is 17.9 Å². The fourth-order valence-electron chi connectivity index (χ4n) is 1.20. The van der Waals surface area contributed by atoms with E-state index in [2.05, 4.69) is 9.46 Å². The third-order valence-corrected chi connectivity index (χ3v) is 3.54. The first-order valence-electron chi connectivity index (χ1n) is 4.50. The Balaban J connectivity index is 2.82. The maximum Gasteiger partial charge on any atom is 0.307 e. The van der Waals surface area contributed by atoms with E-state index in [4.69, 9.17) is 0 Å². The van der Waals surface area contributed by atoms with E-state index < -0.39 is 22.0 Å². The predicted octanol–water partition coefficient (Wildman–Crippen LogP) is 0.901. The molecule has 0 bridgehead atoms. The zero-order chi connectivity index (χ0) is 12.2. The van der Waals surface area contributed by atoms with Crippen LogP contribution in [0.1, 0.15) is 17.3 Å². The van der Waals surface area contributed by atoms with Crippen LogP contribution in [0.4, 0.5) is 0 Å². The van der Waals surface area contributed by atoms with Gasteiger partial charge in [0.2, 0.25) is 10.0 Å². The quantitative estimate of drug-likeness (QED) is 0.801. The van der Waals surface area contributed by atoms with E-state index in [1.807, 2.05) is 5.38 Å². The van der Waals surface area contributed by atoms with Crippen molar-refractivity contribution in [1.82, 2.24) is 4.72 Å². The molecule has 0 aliphatic heterocycles. The van der Waals surface area contributed by atoms with Crippen molar-refractivity contribution in [2.24, 2.45) is 0 Å². The number of carbonyl (C=O) groups is 1. The molecular weight excluding hydrogens is 250 g/mol. The molecule has 16 heavy (non-hydrogen) atoms. The Morgan fingerprint density at radius 2 is 2.31 bits per heavy atom. The number of nitrogens with one attached hydrogen (secondary N) is 1. The molecule has 0 aliphatic rings. The minimum atomic E-state index is -3.35. The van der Waals surface area contributed by atoms with Crippen LogP contribution in [0, 0.1) is 0 Å². The lowest BCUT2D eigenvalue weighted by Crippen LogP contribution is -2.28. The molecule has 0 aromatic carbocycles. The lowest BCUT2D eigenvalue weighted by molar-refractivity contribution is -0.141. The monoisotopic (exact) mass is 263 g/mol.